The van der Waals surface area contributed by atoms with Gasteiger partial charge >= 0.3 is 0 Å². The van der Waals surface area contributed by atoms with Gasteiger partial charge in [0.25, 0.3) is 15.9 Å². The summed E-state index contributed by atoms with van der Waals surface area (Å²) in [7, 11) is -2.32. The number of methoxy groups -OCH3 is 1. The Morgan fingerprint density at radius 3 is 2.18 bits per heavy atom. The largest absolute Gasteiger partial charge is 0.497 e. The number of carbonyl (C=O) groups excluding carboxylic acids is 1. The SMILES string of the molecule is CC[C@@H](Oc1ccc(OC)cc1)C(=O)Nc1ccc(S(=O)(=O)Nc2ccc(Cl)cc2Cl)cc1. The molecule has 0 fully saturated rings. The molecule has 0 aromatic heterocycles. The van der Waals surface area contributed by atoms with E-state index in [4.69, 9.17) is 32.7 Å². The summed E-state index contributed by atoms with van der Waals surface area (Å²) < 4.78 is 38.6. The van der Waals surface area contributed by atoms with E-state index in [0.29, 0.717) is 28.6 Å². The summed E-state index contributed by atoms with van der Waals surface area (Å²) in [5.74, 6) is 0.865. The van der Waals surface area contributed by atoms with Crippen LogP contribution in [0.5, 0.6) is 11.5 Å². The second-order valence-corrected chi connectivity index (χ2v) is 9.46. The number of anilines is 2. The summed E-state index contributed by atoms with van der Waals surface area (Å²) >= 11 is 11.9. The van der Waals surface area contributed by atoms with Crippen molar-refractivity contribution in [3.8, 4) is 11.5 Å². The molecule has 0 aliphatic heterocycles. The van der Waals surface area contributed by atoms with Gasteiger partial charge in [-0.1, -0.05) is 30.1 Å². The van der Waals surface area contributed by atoms with Crippen molar-refractivity contribution in [1.29, 1.82) is 0 Å². The first-order chi connectivity index (χ1) is 15.7. The first-order valence-corrected chi connectivity index (χ1v) is 12.1. The van der Waals surface area contributed by atoms with Gasteiger partial charge in [0.05, 0.1) is 22.7 Å². The van der Waals surface area contributed by atoms with Gasteiger partial charge in [0.2, 0.25) is 0 Å². The summed E-state index contributed by atoms with van der Waals surface area (Å²) in [6.07, 6.45) is -0.286. The molecule has 3 aromatic rings. The molecular weight excluding hydrogens is 487 g/mol. The smallest absolute Gasteiger partial charge is 0.265 e. The van der Waals surface area contributed by atoms with Crippen LogP contribution in [0.4, 0.5) is 11.4 Å². The minimum absolute atomic E-state index is 0.00744. The van der Waals surface area contributed by atoms with E-state index in [9.17, 15) is 13.2 Å². The fourth-order valence-corrected chi connectivity index (χ4v) is 4.45. The predicted octanol–water partition coefficient (Wildman–Crippen LogP) is 5.60. The zero-order valence-corrected chi connectivity index (χ0v) is 20.2. The Hall–Kier alpha value is -2.94. The van der Waals surface area contributed by atoms with E-state index >= 15 is 0 Å². The normalized spacial score (nSPS) is 12.0. The molecule has 0 saturated heterocycles. The summed E-state index contributed by atoms with van der Waals surface area (Å²) in [6, 6.07) is 17.1. The molecule has 0 spiro atoms. The zero-order chi connectivity index (χ0) is 24.0. The molecule has 1 amide bonds. The van der Waals surface area contributed by atoms with E-state index < -0.39 is 16.1 Å². The maximum Gasteiger partial charge on any atom is 0.265 e. The van der Waals surface area contributed by atoms with Crippen molar-refractivity contribution in [2.45, 2.75) is 24.3 Å². The highest BCUT2D eigenvalue weighted by atomic mass is 35.5. The quantitative estimate of drug-likeness (QED) is 0.392. The molecule has 1 atom stereocenters. The zero-order valence-electron chi connectivity index (χ0n) is 17.8. The van der Waals surface area contributed by atoms with E-state index in [1.165, 1.54) is 42.5 Å². The van der Waals surface area contributed by atoms with Crippen molar-refractivity contribution in [3.63, 3.8) is 0 Å². The monoisotopic (exact) mass is 508 g/mol. The molecule has 0 aliphatic carbocycles. The molecule has 3 aromatic carbocycles. The van der Waals surface area contributed by atoms with Crippen LogP contribution in [-0.4, -0.2) is 27.5 Å². The Labute approximate surface area is 202 Å². The average Bonchev–Trinajstić information content (AvgIpc) is 2.80. The fourth-order valence-electron chi connectivity index (χ4n) is 2.86. The molecular formula is C23H22Cl2N2O5S. The number of hydrogen-bond donors (Lipinski definition) is 2. The highest BCUT2D eigenvalue weighted by Gasteiger charge is 2.20. The lowest BCUT2D eigenvalue weighted by molar-refractivity contribution is -0.122. The first kappa shape index (κ1) is 24.7. The van der Waals surface area contributed by atoms with Crippen molar-refractivity contribution in [2.75, 3.05) is 17.1 Å². The number of rotatable bonds is 9. The molecule has 0 heterocycles. The van der Waals surface area contributed by atoms with Crippen LogP contribution in [0.2, 0.25) is 10.0 Å². The second-order valence-electron chi connectivity index (χ2n) is 6.93. The van der Waals surface area contributed by atoms with Crippen LogP contribution in [-0.2, 0) is 14.8 Å². The number of halogens is 2. The number of hydrogen-bond acceptors (Lipinski definition) is 5. The highest BCUT2D eigenvalue weighted by molar-refractivity contribution is 7.92. The number of sulfonamides is 1. The first-order valence-electron chi connectivity index (χ1n) is 9.91. The topological polar surface area (TPSA) is 93.7 Å². The predicted molar refractivity (Wildman–Crippen MR) is 130 cm³/mol. The number of ether oxygens (including phenoxy) is 2. The van der Waals surface area contributed by atoms with E-state index in [1.54, 1.807) is 31.4 Å². The lowest BCUT2D eigenvalue weighted by Gasteiger charge is -2.17. The van der Waals surface area contributed by atoms with Gasteiger partial charge in [-0.15, -0.1) is 0 Å². The Balaban J connectivity index is 1.66. The summed E-state index contributed by atoms with van der Waals surface area (Å²) in [4.78, 5) is 12.6. The highest BCUT2D eigenvalue weighted by Crippen LogP contribution is 2.28. The van der Waals surface area contributed by atoms with Crippen LogP contribution in [0.3, 0.4) is 0 Å². The second kappa shape index (κ2) is 10.8. The number of benzene rings is 3. The standard InChI is InChI=1S/C23H22Cl2N2O5S/c1-3-22(32-18-9-7-17(31-2)8-10-18)23(28)26-16-5-11-19(12-6-16)33(29,30)27-21-13-4-15(24)14-20(21)25/h4-14,22,27H,3H2,1-2H3,(H,26,28)/t22-/m1/s1. The third kappa shape index (κ3) is 6.54. The number of carbonyl (C=O) groups is 1. The molecule has 33 heavy (non-hydrogen) atoms. The van der Waals surface area contributed by atoms with Crippen molar-refractivity contribution < 1.29 is 22.7 Å². The van der Waals surface area contributed by atoms with Gasteiger partial charge in [-0.05, 0) is 73.2 Å². The van der Waals surface area contributed by atoms with E-state index in [-0.39, 0.29) is 21.5 Å². The van der Waals surface area contributed by atoms with Crippen LogP contribution in [0.15, 0.2) is 71.6 Å². The molecule has 0 unspecified atom stereocenters. The Morgan fingerprint density at radius 1 is 0.970 bits per heavy atom. The number of nitrogens with one attached hydrogen (secondary N) is 2. The third-order valence-corrected chi connectivity index (χ3v) is 6.54. The Morgan fingerprint density at radius 2 is 1.61 bits per heavy atom. The molecule has 174 valence electrons. The lowest BCUT2D eigenvalue weighted by Crippen LogP contribution is -2.32. The van der Waals surface area contributed by atoms with Crippen LogP contribution in [0.25, 0.3) is 0 Å². The Kier molecular flexibility index (Phi) is 8.07. The molecule has 0 radical (unpaired) electrons. The minimum Gasteiger partial charge on any atom is -0.497 e. The van der Waals surface area contributed by atoms with Crippen LogP contribution < -0.4 is 19.5 Å². The average molecular weight is 509 g/mol. The maximum atomic E-state index is 12.7. The van der Waals surface area contributed by atoms with Crippen LogP contribution in [0.1, 0.15) is 13.3 Å². The van der Waals surface area contributed by atoms with Gasteiger partial charge in [0.1, 0.15) is 11.5 Å². The van der Waals surface area contributed by atoms with Crippen molar-refractivity contribution in [1.82, 2.24) is 0 Å². The van der Waals surface area contributed by atoms with Gasteiger partial charge in [-0.2, -0.15) is 0 Å². The Bertz CT molecular complexity index is 1220. The third-order valence-electron chi connectivity index (χ3n) is 4.61. The van der Waals surface area contributed by atoms with Crippen molar-refractivity contribution in [3.05, 3.63) is 76.8 Å². The van der Waals surface area contributed by atoms with Crippen LogP contribution >= 0.6 is 23.2 Å². The summed E-state index contributed by atoms with van der Waals surface area (Å²) in [6.45, 7) is 1.83. The minimum atomic E-state index is -3.89. The van der Waals surface area contributed by atoms with E-state index in [0.717, 1.165) is 0 Å². The summed E-state index contributed by atoms with van der Waals surface area (Å²) in [5, 5.41) is 3.31. The van der Waals surface area contributed by atoms with E-state index in [1.807, 2.05) is 6.92 Å². The molecule has 10 heteroatoms. The van der Waals surface area contributed by atoms with E-state index in [2.05, 4.69) is 10.0 Å². The van der Waals surface area contributed by atoms with Gasteiger partial charge in [-0.3, -0.25) is 9.52 Å². The van der Waals surface area contributed by atoms with Gasteiger partial charge in [0.15, 0.2) is 6.10 Å². The van der Waals surface area contributed by atoms with Crippen molar-refractivity contribution >= 4 is 50.5 Å². The fraction of sp³-hybridized carbons (Fsp3) is 0.174. The molecule has 3 rings (SSSR count). The molecule has 2 N–H and O–H groups in total. The molecule has 7 nitrogen and oxygen atoms in total. The molecule has 0 aliphatic rings. The molecule has 0 saturated carbocycles. The maximum absolute atomic E-state index is 12.7. The molecule has 0 bridgehead atoms. The van der Waals surface area contributed by atoms with Crippen LogP contribution in [0, 0.1) is 0 Å². The van der Waals surface area contributed by atoms with Gasteiger partial charge in [-0.25, -0.2) is 8.42 Å². The van der Waals surface area contributed by atoms with Crippen molar-refractivity contribution in [2.24, 2.45) is 0 Å². The van der Waals surface area contributed by atoms with Gasteiger partial charge < -0.3 is 14.8 Å². The lowest BCUT2D eigenvalue weighted by atomic mass is 10.2. The number of amides is 1. The van der Waals surface area contributed by atoms with Gasteiger partial charge in [0, 0.05) is 10.7 Å². The summed E-state index contributed by atoms with van der Waals surface area (Å²) in [5.41, 5.74) is 0.639.